The molecule has 1 aromatic heterocycles. The fourth-order valence-corrected chi connectivity index (χ4v) is 2.59. The highest BCUT2D eigenvalue weighted by molar-refractivity contribution is 9.10. The summed E-state index contributed by atoms with van der Waals surface area (Å²) in [5.41, 5.74) is 5.75. The lowest BCUT2D eigenvalue weighted by Gasteiger charge is -2.34. The van der Waals surface area contributed by atoms with Crippen LogP contribution in [0, 0.1) is 0 Å². The van der Waals surface area contributed by atoms with Crippen LogP contribution in [-0.4, -0.2) is 41.5 Å². The topological polar surface area (TPSA) is 71.2 Å². The first kappa shape index (κ1) is 20.6. The molecule has 1 aromatic rings. The average Bonchev–Trinajstić information content (AvgIpc) is 2.42. The zero-order valence-electron chi connectivity index (χ0n) is 11.6. The van der Waals surface area contributed by atoms with Gasteiger partial charge >= 0.3 is 0 Å². The highest BCUT2D eigenvalue weighted by Gasteiger charge is 2.22. The number of pyridine rings is 1. The quantitative estimate of drug-likeness (QED) is 0.815. The van der Waals surface area contributed by atoms with Crippen LogP contribution in [0.2, 0.25) is 0 Å². The van der Waals surface area contributed by atoms with Crippen LogP contribution in [-0.2, 0) is 4.79 Å². The molecule has 1 saturated heterocycles. The third kappa shape index (κ3) is 6.48. The molecule has 0 bridgehead atoms. The molecule has 120 valence electrons. The fourth-order valence-electron chi connectivity index (χ4n) is 2.35. The van der Waals surface area contributed by atoms with Gasteiger partial charge in [0.05, 0.1) is 6.54 Å². The van der Waals surface area contributed by atoms with Crippen LogP contribution in [0.3, 0.4) is 0 Å². The van der Waals surface area contributed by atoms with E-state index in [1.807, 2.05) is 6.07 Å². The Morgan fingerprint density at radius 2 is 2.19 bits per heavy atom. The maximum Gasteiger partial charge on any atom is 0.239 e. The molecule has 1 amide bonds. The Kier molecular flexibility index (Phi) is 10.1. The first-order valence-electron chi connectivity index (χ1n) is 6.54. The summed E-state index contributed by atoms with van der Waals surface area (Å²) < 4.78 is 0.893. The highest BCUT2D eigenvalue weighted by Crippen LogP contribution is 2.16. The summed E-state index contributed by atoms with van der Waals surface area (Å²) in [6.07, 6.45) is 5.09. The second kappa shape index (κ2) is 10.3. The Morgan fingerprint density at radius 1 is 1.43 bits per heavy atom. The van der Waals surface area contributed by atoms with E-state index in [4.69, 9.17) is 5.73 Å². The van der Waals surface area contributed by atoms with Crippen molar-refractivity contribution in [3.63, 3.8) is 0 Å². The van der Waals surface area contributed by atoms with Gasteiger partial charge in [-0.15, -0.1) is 24.8 Å². The van der Waals surface area contributed by atoms with Gasteiger partial charge in [0.15, 0.2) is 0 Å². The van der Waals surface area contributed by atoms with Gasteiger partial charge in [-0.05, 0) is 47.4 Å². The van der Waals surface area contributed by atoms with Crippen molar-refractivity contribution in [2.75, 3.05) is 25.0 Å². The van der Waals surface area contributed by atoms with Crippen molar-refractivity contribution in [3.05, 3.63) is 22.8 Å². The molecule has 0 aliphatic carbocycles. The fraction of sp³-hybridized carbons (Fsp3) is 0.538. The third-order valence-electron chi connectivity index (χ3n) is 3.36. The molecule has 0 spiro atoms. The lowest BCUT2D eigenvalue weighted by Crippen LogP contribution is -2.47. The molecule has 0 saturated carbocycles. The van der Waals surface area contributed by atoms with Crippen molar-refractivity contribution in [1.82, 2.24) is 9.88 Å². The van der Waals surface area contributed by atoms with Crippen molar-refractivity contribution in [2.45, 2.75) is 25.3 Å². The summed E-state index contributed by atoms with van der Waals surface area (Å²) in [6, 6.07) is 3.96. The van der Waals surface area contributed by atoms with E-state index >= 15 is 0 Å². The van der Waals surface area contributed by atoms with Crippen molar-refractivity contribution >= 4 is 52.5 Å². The number of carbonyl (C=O) groups is 1. The largest absolute Gasteiger partial charge is 0.329 e. The minimum absolute atomic E-state index is 0. The zero-order chi connectivity index (χ0) is 13.7. The van der Waals surface area contributed by atoms with Crippen molar-refractivity contribution in [2.24, 2.45) is 5.73 Å². The maximum atomic E-state index is 12.0. The summed E-state index contributed by atoms with van der Waals surface area (Å²) >= 11 is 3.31. The molecule has 1 aliphatic heterocycles. The van der Waals surface area contributed by atoms with Crippen LogP contribution < -0.4 is 11.1 Å². The van der Waals surface area contributed by atoms with Gasteiger partial charge in [-0.3, -0.25) is 9.69 Å². The number of hydrogen-bond acceptors (Lipinski definition) is 4. The molecular weight excluding hydrogens is 379 g/mol. The number of halogens is 3. The monoisotopic (exact) mass is 398 g/mol. The van der Waals surface area contributed by atoms with Crippen molar-refractivity contribution in [1.29, 1.82) is 0 Å². The normalized spacial score (nSPS) is 18.3. The van der Waals surface area contributed by atoms with E-state index in [1.165, 1.54) is 6.42 Å². The minimum Gasteiger partial charge on any atom is -0.329 e. The third-order valence-corrected chi connectivity index (χ3v) is 3.83. The molecule has 1 atom stereocenters. The second-order valence-corrected chi connectivity index (χ2v) is 5.68. The van der Waals surface area contributed by atoms with Gasteiger partial charge in [-0.2, -0.15) is 0 Å². The summed E-state index contributed by atoms with van der Waals surface area (Å²) in [6.45, 7) is 1.95. The number of rotatable bonds is 4. The summed E-state index contributed by atoms with van der Waals surface area (Å²) in [7, 11) is 0. The molecule has 0 aromatic carbocycles. The van der Waals surface area contributed by atoms with Crippen LogP contribution in [0.25, 0.3) is 0 Å². The standard InChI is InChI=1S/C13H19BrN4O.2ClH/c14-10-4-5-12(16-8-10)17-13(19)9-18-6-2-1-3-11(18)7-15;;/h4-5,8,11H,1-3,6-7,9,15H2,(H,16,17,19);2*1H. The predicted octanol–water partition coefficient (Wildman–Crippen LogP) is 2.44. The van der Waals surface area contributed by atoms with Crippen LogP contribution in [0.1, 0.15) is 19.3 Å². The van der Waals surface area contributed by atoms with E-state index in [2.05, 4.69) is 31.1 Å². The number of likely N-dealkylation sites (tertiary alicyclic amines) is 1. The molecule has 1 fully saturated rings. The van der Waals surface area contributed by atoms with Crippen LogP contribution >= 0.6 is 40.7 Å². The lowest BCUT2D eigenvalue weighted by atomic mass is 10.0. The number of nitrogens with one attached hydrogen (secondary N) is 1. The molecule has 21 heavy (non-hydrogen) atoms. The highest BCUT2D eigenvalue weighted by atomic mass is 79.9. The van der Waals surface area contributed by atoms with E-state index in [0.717, 1.165) is 23.9 Å². The molecule has 3 N–H and O–H groups in total. The number of piperidine rings is 1. The number of aromatic nitrogens is 1. The summed E-state index contributed by atoms with van der Waals surface area (Å²) in [4.78, 5) is 18.3. The van der Waals surface area contributed by atoms with Crippen molar-refractivity contribution in [3.8, 4) is 0 Å². The van der Waals surface area contributed by atoms with Gasteiger partial charge in [0, 0.05) is 23.3 Å². The Bertz CT molecular complexity index is 433. The van der Waals surface area contributed by atoms with Crippen molar-refractivity contribution < 1.29 is 4.79 Å². The molecule has 2 rings (SSSR count). The number of carbonyl (C=O) groups excluding carboxylic acids is 1. The van der Waals surface area contributed by atoms with Gasteiger partial charge in [0.2, 0.25) is 5.91 Å². The molecule has 1 aliphatic rings. The van der Waals surface area contributed by atoms with Crippen LogP contribution in [0.4, 0.5) is 5.82 Å². The molecule has 2 heterocycles. The number of amides is 1. The van der Waals surface area contributed by atoms with E-state index in [1.54, 1.807) is 12.3 Å². The van der Waals surface area contributed by atoms with E-state index in [-0.39, 0.29) is 30.7 Å². The minimum atomic E-state index is -0.0322. The van der Waals surface area contributed by atoms with Crippen LogP contribution in [0.15, 0.2) is 22.8 Å². The summed E-state index contributed by atoms with van der Waals surface area (Å²) in [5.74, 6) is 0.546. The number of hydrogen-bond donors (Lipinski definition) is 2. The molecule has 0 radical (unpaired) electrons. The average molecular weight is 400 g/mol. The second-order valence-electron chi connectivity index (χ2n) is 4.77. The van der Waals surface area contributed by atoms with Gasteiger partial charge in [0.1, 0.15) is 5.82 Å². The first-order valence-corrected chi connectivity index (χ1v) is 7.34. The number of nitrogens with zero attached hydrogens (tertiary/aromatic N) is 2. The van der Waals surface area contributed by atoms with E-state index in [9.17, 15) is 4.79 Å². The summed E-state index contributed by atoms with van der Waals surface area (Å²) in [5, 5.41) is 2.81. The number of anilines is 1. The zero-order valence-corrected chi connectivity index (χ0v) is 14.8. The predicted molar refractivity (Wildman–Crippen MR) is 93.3 cm³/mol. The number of nitrogens with two attached hydrogens (primary N) is 1. The Hall–Kier alpha value is -0.400. The van der Waals surface area contributed by atoms with Gasteiger partial charge in [-0.25, -0.2) is 4.98 Å². The Balaban J connectivity index is 0.00000200. The molecule has 1 unspecified atom stereocenters. The Labute approximate surface area is 146 Å². The maximum absolute atomic E-state index is 12.0. The lowest BCUT2D eigenvalue weighted by molar-refractivity contribution is -0.118. The van der Waals surface area contributed by atoms with E-state index in [0.29, 0.717) is 24.9 Å². The molecule has 8 heteroatoms. The van der Waals surface area contributed by atoms with Gasteiger partial charge < -0.3 is 11.1 Å². The molecular formula is C13H21BrCl2N4O. The SMILES string of the molecule is Cl.Cl.NCC1CCCCN1CC(=O)Nc1ccc(Br)cn1. The van der Waals surface area contributed by atoms with Gasteiger partial charge in [0.25, 0.3) is 0 Å². The van der Waals surface area contributed by atoms with Crippen LogP contribution in [0.5, 0.6) is 0 Å². The van der Waals surface area contributed by atoms with Gasteiger partial charge in [-0.1, -0.05) is 6.42 Å². The Morgan fingerprint density at radius 3 is 2.81 bits per heavy atom. The van der Waals surface area contributed by atoms with E-state index < -0.39 is 0 Å². The smallest absolute Gasteiger partial charge is 0.239 e. The first-order chi connectivity index (χ1) is 9.19. The molecule has 5 nitrogen and oxygen atoms in total.